The first-order valence-corrected chi connectivity index (χ1v) is 4.73. The molecule has 5 heteroatoms. The number of nitrogens with two attached hydrogens (primary N) is 1. The summed E-state index contributed by atoms with van der Waals surface area (Å²) in [6.45, 7) is -0.0280. The minimum Gasteiger partial charge on any atom is -0.424 e. The Hall–Kier alpha value is -2.14. The number of nitrogens with zero attached hydrogens (tertiary/aromatic N) is 2. The SMILES string of the molecule is Nc1cnc(Oc2cccc(CO)c2)nc1. The van der Waals surface area contributed by atoms with Crippen molar-refractivity contribution in [2.75, 3.05) is 5.73 Å². The Labute approximate surface area is 92.5 Å². The predicted molar refractivity (Wildman–Crippen MR) is 58.9 cm³/mol. The van der Waals surface area contributed by atoms with Gasteiger partial charge in [0.15, 0.2) is 0 Å². The number of hydrogen-bond donors (Lipinski definition) is 2. The van der Waals surface area contributed by atoms with Crippen molar-refractivity contribution >= 4 is 5.69 Å². The summed E-state index contributed by atoms with van der Waals surface area (Å²) in [5, 5.41) is 8.96. The standard InChI is InChI=1S/C11H11N3O2/c12-9-5-13-11(14-6-9)16-10-3-1-2-8(4-10)7-15/h1-6,15H,7,12H2. The molecule has 3 N–H and O–H groups in total. The summed E-state index contributed by atoms with van der Waals surface area (Å²) in [6, 6.07) is 7.30. The molecule has 0 spiro atoms. The monoisotopic (exact) mass is 217 g/mol. The van der Waals surface area contributed by atoms with E-state index in [9.17, 15) is 0 Å². The van der Waals surface area contributed by atoms with Crippen LogP contribution in [0.25, 0.3) is 0 Å². The average Bonchev–Trinajstić information content (AvgIpc) is 2.32. The van der Waals surface area contributed by atoms with Gasteiger partial charge in [0.2, 0.25) is 0 Å². The van der Waals surface area contributed by atoms with Crippen LogP contribution in [0.4, 0.5) is 5.69 Å². The van der Waals surface area contributed by atoms with Crippen LogP contribution in [0.3, 0.4) is 0 Å². The highest BCUT2D eigenvalue weighted by Crippen LogP contribution is 2.18. The highest BCUT2D eigenvalue weighted by Gasteiger charge is 2.00. The van der Waals surface area contributed by atoms with Crippen molar-refractivity contribution < 1.29 is 9.84 Å². The van der Waals surface area contributed by atoms with Gasteiger partial charge in [-0.2, -0.15) is 0 Å². The molecule has 2 aromatic rings. The van der Waals surface area contributed by atoms with E-state index in [4.69, 9.17) is 15.6 Å². The summed E-state index contributed by atoms with van der Waals surface area (Å²) < 4.78 is 5.39. The fourth-order valence-corrected chi connectivity index (χ4v) is 1.19. The number of nitrogen functional groups attached to an aromatic ring is 1. The maximum atomic E-state index is 8.96. The topological polar surface area (TPSA) is 81.3 Å². The molecule has 0 bridgehead atoms. The summed E-state index contributed by atoms with van der Waals surface area (Å²) in [7, 11) is 0. The molecular formula is C11H11N3O2. The second-order valence-corrected chi connectivity index (χ2v) is 3.21. The maximum absolute atomic E-state index is 8.96. The third-order valence-electron chi connectivity index (χ3n) is 1.94. The molecule has 16 heavy (non-hydrogen) atoms. The maximum Gasteiger partial charge on any atom is 0.322 e. The van der Waals surface area contributed by atoms with Gasteiger partial charge in [-0.25, -0.2) is 9.97 Å². The first-order chi connectivity index (χ1) is 7.78. The smallest absolute Gasteiger partial charge is 0.322 e. The molecule has 0 radical (unpaired) electrons. The van der Waals surface area contributed by atoms with Crippen molar-refractivity contribution in [3.8, 4) is 11.8 Å². The number of anilines is 1. The number of benzene rings is 1. The van der Waals surface area contributed by atoms with Crippen LogP contribution >= 0.6 is 0 Å². The molecule has 0 aliphatic heterocycles. The number of hydrogen-bond acceptors (Lipinski definition) is 5. The Morgan fingerprint density at radius 1 is 1.25 bits per heavy atom. The van der Waals surface area contributed by atoms with Gasteiger partial charge < -0.3 is 15.6 Å². The highest BCUT2D eigenvalue weighted by atomic mass is 16.5. The first-order valence-electron chi connectivity index (χ1n) is 4.73. The largest absolute Gasteiger partial charge is 0.424 e. The van der Waals surface area contributed by atoms with Gasteiger partial charge in [0.05, 0.1) is 24.7 Å². The zero-order chi connectivity index (χ0) is 11.4. The number of rotatable bonds is 3. The molecule has 0 unspecified atom stereocenters. The summed E-state index contributed by atoms with van der Waals surface area (Å²) in [5.41, 5.74) is 6.71. The lowest BCUT2D eigenvalue weighted by Gasteiger charge is -2.04. The number of aromatic nitrogens is 2. The molecule has 1 aromatic heterocycles. The average molecular weight is 217 g/mol. The Morgan fingerprint density at radius 2 is 2.00 bits per heavy atom. The molecular weight excluding hydrogens is 206 g/mol. The number of aliphatic hydroxyl groups excluding tert-OH is 1. The van der Waals surface area contributed by atoms with E-state index in [0.717, 1.165) is 5.56 Å². The zero-order valence-electron chi connectivity index (χ0n) is 8.50. The Balaban J connectivity index is 2.16. The van der Waals surface area contributed by atoms with Gasteiger partial charge in [0.25, 0.3) is 0 Å². The molecule has 0 aliphatic rings. The highest BCUT2D eigenvalue weighted by molar-refractivity contribution is 5.33. The number of aliphatic hydroxyl groups is 1. The second-order valence-electron chi connectivity index (χ2n) is 3.21. The minimum atomic E-state index is -0.0280. The van der Waals surface area contributed by atoms with E-state index < -0.39 is 0 Å². The van der Waals surface area contributed by atoms with Crippen molar-refractivity contribution in [2.24, 2.45) is 0 Å². The Bertz CT molecular complexity index is 471. The van der Waals surface area contributed by atoms with Crippen molar-refractivity contribution in [2.45, 2.75) is 6.61 Å². The lowest BCUT2D eigenvalue weighted by atomic mass is 10.2. The zero-order valence-corrected chi connectivity index (χ0v) is 8.50. The van der Waals surface area contributed by atoms with E-state index >= 15 is 0 Å². The van der Waals surface area contributed by atoms with Crippen LogP contribution in [0.5, 0.6) is 11.8 Å². The third kappa shape index (κ3) is 2.46. The van der Waals surface area contributed by atoms with Gasteiger partial charge >= 0.3 is 6.01 Å². The van der Waals surface area contributed by atoms with Crippen LogP contribution in [-0.2, 0) is 6.61 Å². The van der Waals surface area contributed by atoms with Crippen LogP contribution in [0.2, 0.25) is 0 Å². The van der Waals surface area contributed by atoms with Gasteiger partial charge in [0, 0.05) is 0 Å². The molecule has 0 saturated carbocycles. The summed E-state index contributed by atoms with van der Waals surface area (Å²) >= 11 is 0. The predicted octanol–water partition coefficient (Wildman–Crippen LogP) is 1.34. The fourth-order valence-electron chi connectivity index (χ4n) is 1.19. The minimum absolute atomic E-state index is 0.0280. The quantitative estimate of drug-likeness (QED) is 0.810. The van der Waals surface area contributed by atoms with E-state index in [1.54, 1.807) is 24.3 Å². The first kappa shape index (κ1) is 10.4. The van der Waals surface area contributed by atoms with Crippen molar-refractivity contribution in [3.63, 3.8) is 0 Å². The van der Waals surface area contributed by atoms with E-state index in [2.05, 4.69) is 9.97 Å². The molecule has 82 valence electrons. The molecule has 0 atom stereocenters. The molecule has 0 amide bonds. The van der Waals surface area contributed by atoms with Crippen LogP contribution < -0.4 is 10.5 Å². The summed E-state index contributed by atoms with van der Waals surface area (Å²) in [5.74, 6) is 0.580. The molecule has 1 heterocycles. The van der Waals surface area contributed by atoms with Crippen molar-refractivity contribution in [3.05, 3.63) is 42.2 Å². The van der Waals surface area contributed by atoms with E-state index in [-0.39, 0.29) is 12.6 Å². The van der Waals surface area contributed by atoms with Gasteiger partial charge in [-0.1, -0.05) is 12.1 Å². The summed E-state index contributed by atoms with van der Waals surface area (Å²) in [6.07, 6.45) is 2.94. The fraction of sp³-hybridized carbons (Fsp3) is 0.0909. The molecule has 5 nitrogen and oxygen atoms in total. The lowest BCUT2D eigenvalue weighted by molar-refractivity contribution is 0.281. The molecule has 0 saturated heterocycles. The Morgan fingerprint density at radius 3 is 2.69 bits per heavy atom. The van der Waals surface area contributed by atoms with Gasteiger partial charge in [-0.05, 0) is 17.7 Å². The Kier molecular flexibility index (Phi) is 2.98. The van der Waals surface area contributed by atoms with Crippen LogP contribution in [0.1, 0.15) is 5.56 Å². The van der Waals surface area contributed by atoms with Gasteiger partial charge in [-0.15, -0.1) is 0 Å². The van der Waals surface area contributed by atoms with Crippen LogP contribution in [0.15, 0.2) is 36.7 Å². The van der Waals surface area contributed by atoms with E-state index in [0.29, 0.717) is 11.4 Å². The molecule has 0 fully saturated rings. The molecule has 0 aliphatic carbocycles. The van der Waals surface area contributed by atoms with Crippen molar-refractivity contribution in [1.82, 2.24) is 9.97 Å². The third-order valence-corrected chi connectivity index (χ3v) is 1.94. The van der Waals surface area contributed by atoms with Gasteiger partial charge in [-0.3, -0.25) is 0 Å². The normalized spacial score (nSPS) is 10.1. The lowest BCUT2D eigenvalue weighted by Crippen LogP contribution is -1.94. The van der Waals surface area contributed by atoms with E-state index in [1.807, 2.05) is 0 Å². The molecule has 1 aromatic carbocycles. The van der Waals surface area contributed by atoms with Crippen molar-refractivity contribution in [1.29, 1.82) is 0 Å². The molecule has 2 rings (SSSR count). The summed E-state index contributed by atoms with van der Waals surface area (Å²) in [4.78, 5) is 7.82. The number of ether oxygens (including phenoxy) is 1. The van der Waals surface area contributed by atoms with Crippen LogP contribution in [-0.4, -0.2) is 15.1 Å². The van der Waals surface area contributed by atoms with E-state index in [1.165, 1.54) is 12.4 Å². The van der Waals surface area contributed by atoms with Gasteiger partial charge in [0.1, 0.15) is 5.75 Å². The second kappa shape index (κ2) is 4.59. The van der Waals surface area contributed by atoms with Crippen LogP contribution in [0, 0.1) is 0 Å².